The standard InChI is InChI=1S/C18H22N2O5S/c1-18(2)13-20(9-11-25-18)17(21)14-5-7-16(8-6-14)26(22,23)19-12-15-4-3-10-24-15/h3-8,10,19H,9,11-13H2,1-2H3. The number of amides is 1. The molecule has 0 bridgehead atoms. The lowest BCUT2D eigenvalue weighted by Gasteiger charge is -2.38. The normalized spacial score (nSPS) is 17.2. The maximum absolute atomic E-state index is 12.6. The fraction of sp³-hybridized carbons (Fsp3) is 0.389. The topological polar surface area (TPSA) is 88.9 Å². The van der Waals surface area contributed by atoms with Crippen LogP contribution in [-0.2, 0) is 21.3 Å². The molecule has 26 heavy (non-hydrogen) atoms. The van der Waals surface area contributed by atoms with Crippen LogP contribution in [0.2, 0.25) is 0 Å². The van der Waals surface area contributed by atoms with Crippen LogP contribution in [-0.4, -0.2) is 44.5 Å². The minimum atomic E-state index is -3.68. The molecule has 0 radical (unpaired) electrons. The van der Waals surface area contributed by atoms with Gasteiger partial charge in [0.15, 0.2) is 0 Å². The second-order valence-corrected chi connectivity index (χ2v) is 8.53. The van der Waals surface area contributed by atoms with Crippen LogP contribution >= 0.6 is 0 Å². The average molecular weight is 378 g/mol. The zero-order chi connectivity index (χ0) is 18.8. The monoisotopic (exact) mass is 378 g/mol. The number of hydrogen-bond donors (Lipinski definition) is 1. The van der Waals surface area contributed by atoms with E-state index in [1.54, 1.807) is 17.0 Å². The van der Waals surface area contributed by atoms with Crippen molar-refractivity contribution in [3.05, 3.63) is 54.0 Å². The highest BCUT2D eigenvalue weighted by Gasteiger charge is 2.30. The van der Waals surface area contributed by atoms with Gasteiger partial charge in [0.2, 0.25) is 10.0 Å². The van der Waals surface area contributed by atoms with Gasteiger partial charge in [-0.05, 0) is 50.2 Å². The number of ether oxygens (including phenoxy) is 1. The summed E-state index contributed by atoms with van der Waals surface area (Å²) in [7, 11) is -3.68. The smallest absolute Gasteiger partial charge is 0.254 e. The molecule has 8 heteroatoms. The van der Waals surface area contributed by atoms with Crippen molar-refractivity contribution in [1.29, 1.82) is 0 Å². The number of furan rings is 1. The van der Waals surface area contributed by atoms with Gasteiger partial charge in [-0.1, -0.05) is 0 Å². The molecule has 0 aliphatic carbocycles. The van der Waals surface area contributed by atoms with Crippen LogP contribution in [0.4, 0.5) is 0 Å². The van der Waals surface area contributed by atoms with Crippen LogP contribution in [0.15, 0.2) is 52.0 Å². The maximum atomic E-state index is 12.6. The summed E-state index contributed by atoms with van der Waals surface area (Å²) < 4.78 is 37.9. The van der Waals surface area contributed by atoms with Crippen molar-refractivity contribution < 1.29 is 22.4 Å². The number of sulfonamides is 1. The van der Waals surface area contributed by atoms with E-state index in [0.29, 0.717) is 31.0 Å². The van der Waals surface area contributed by atoms with E-state index >= 15 is 0 Å². The van der Waals surface area contributed by atoms with Crippen LogP contribution in [0.5, 0.6) is 0 Å². The number of nitrogens with zero attached hydrogens (tertiary/aromatic N) is 1. The number of benzene rings is 1. The first kappa shape index (κ1) is 18.6. The van der Waals surface area contributed by atoms with Crippen molar-refractivity contribution >= 4 is 15.9 Å². The van der Waals surface area contributed by atoms with E-state index in [1.165, 1.54) is 30.5 Å². The molecular weight excluding hydrogens is 356 g/mol. The Morgan fingerprint density at radius 1 is 1.23 bits per heavy atom. The summed E-state index contributed by atoms with van der Waals surface area (Å²) in [6.45, 7) is 5.45. The largest absolute Gasteiger partial charge is 0.468 e. The lowest BCUT2D eigenvalue weighted by molar-refractivity contribution is -0.0764. The highest BCUT2D eigenvalue weighted by atomic mass is 32.2. The molecule has 1 N–H and O–H groups in total. The summed E-state index contributed by atoms with van der Waals surface area (Å²) in [5.74, 6) is 0.393. The van der Waals surface area contributed by atoms with Crippen LogP contribution in [0.1, 0.15) is 30.0 Å². The maximum Gasteiger partial charge on any atom is 0.254 e. The Hall–Kier alpha value is -2.16. The Morgan fingerprint density at radius 3 is 2.58 bits per heavy atom. The molecule has 1 aromatic carbocycles. The first-order chi connectivity index (χ1) is 12.3. The summed E-state index contributed by atoms with van der Waals surface area (Å²) in [6, 6.07) is 9.32. The summed E-state index contributed by atoms with van der Waals surface area (Å²) in [4.78, 5) is 14.4. The molecular formula is C18H22N2O5S. The molecule has 140 valence electrons. The minimum Gasteiger partial charge on any atom is -0.468 e. The van der Waals surface area contributed by atoms with Crippen molar-refractivity contribution in [3.63, 3.8) is 0 Å². The van der Waals surface area contributed by atoms with Crippen LogP contribution in [0, 0.1) is 0 Å². The number of carbonyl (C=O) groups is 1. The van der Waals surface area contributed by atoms with Crippen LogP contribution < -0.4 is 4.72 Å². The number of hydrogen-bond acceptors (Lipinski definition) is 5. The molecule has 0 atom stereocenters. The molecule has 2 heterocycles. The summed E-state index contributed by atoms with van der Waals surface area (Å²) in [5.41, 5.74) is 0.0696. The summed E-state index contributed by atoms with van der Waals surface area (Å²) in [5, 5.41) is 0. The number of nitrogens with one attached hydrogen (secondary N) is 1. The van der Waals surface area contributed by atoms with Crippen LogP contribution in [0.25, 0.3) is 0 Å². The predicted octanol–water partition coefficient (Wildman–Crippen LogP) is 2.01. The van der Waals surface area contributed by atoms with Gasteiger partial charge < -0.3 is 14.1 Å². The SMILES string of the molecule is CC1(C)CN(C(=O)c2ccc(S(=O)(=O)NCc3ccco3)cc2)CCO1. The van der Waals surface area contributed by atoms with E-state index < -0.39 is 10.0 Å². The molecule has 1 amide bonds. The first-order valence-corrected chi connectivity index (χ1v) is 9.80. The van der Waals surface area contributed by atoms with Gasteiger partial charge in [0.05, 0.1) is 29.9 Å². The first-order valence-electron chi connectivity index (χ1n) is 8.32. The van der Waals surface area contributed by atoms with Gasteiger partial charge >= 0.3 is 0 Å². The van der Waals surface area contributed by atoms with E-state index in [-0.39, 0.29) is 22.9 Å². The van der Waals surface area contributed by atoms with Crippen molar-refractivity contribution in [2.45, 2.75) is 30.9 Å². The van der Waals surface area contributed by atoms with Gasteiger partial charge in [-0.2, -0.15) is 0 Å². The average Bonchev–Trinajstić information content (AvgIpc) is 3.12. The molecule has 1 aromatic heterocycles. The molecule has 0 saturated carbocycles. The highest BCUT2D eigenvalue weighted by Crippen LogP contribution is 2.19. The fourth-order valence-corrected chi connectivity index (χ4v) is 3.81. The van der Waals surface area contributed by atoms with E-state index in [9.17, 15) is 13.2 Å². The van der Waals surface area contributed by atoms with Gasteiger partial charge in [-0.3, -0.25) is 4.79 Å². The quantitative estimate of drug-likeness (QED) is 0.860. The molecule has 2 aromatic rings. The number of carbonyl (C=O) groups excluding carboxylic acids is 1. The third-order valence-corrected chi connectivity index (χ3v) is 5.56. The van der Waals surface area contributed by atoms with Gasteiger partial charge in [0.25, 0.3) is 5.91 Å². The van der Waals surface area contributed by atoms with E-state index in [1.807, 2.05) is 13.8 Å². The van der Waals surface area contributed by atoms with Gasteiger partial charge in [0.1, 0.15) is 5.76 Å². The predicted molar refractivity (Wildman–Crippen MR) is 95.1 cm³/mol. The van der Waals surface area contributed by atoms with Gasteiger partial charge in [0, 0.05) is 18.7 Å². The van der Waals surface area contributed by atoms with E-state index in [2.05, 4.69) is 4.72 Å². The molecule has 1 fully saturated rings. The lowest BCUT2D eigenvalue weighted by Crippen LogP contribution is -2.50. The lowest BCUT2D eigenvalue weighted by atomic mass is 10.1. The molecule has 0 spiro atoms. The second-order valence-electron chi connectivity index (χ2n) is 6.76. The molecule has 1 aliphatic rings. The van der Waals surface area contributed by atoms with E-state index in [4.69, 9.17) is 9.15 Å². The Balaban J connectivity index is 1.68. The number of rotatable bonds is 5. The van der Waals surface area contributed by atoms with Crippen molar-refractivity contribution in [1.82, 2.24) is 9.62 Å². The zero-order valence-electron chi connectivity index (χ0n) is 14.8. The van der Waals surface area contributed by atoms with Crippen molar-refractivity contribution in [2.24, 2.45) is 0 Å². The molecule has 1 aliphatic heterocycles. The fourth-order valence-electron chi connectivity index (χ4n) is 2.81. The van der Waals surface area contributed by atoms with Gasteiger partial charge in [-0.15, -0.1) is 0 Å². The van der Waals surface area contributed by atoms with Crippen LogP contribution in [0.3, 0.4) is 0 Å². The number of morpholine rings is 1. The van der Waals surface area contributed by atoms with E-state index in [0.717, 1.165) is 0 Å². The minimum absolute atomic E-state index is 0.0683. The molecule has 7 nitrogen and oxygen atoms in total. The second kappa shape index (κ2) is 7.22. The third-order valence-electron chi connectivity index (χ3n) is 4.14. The van der Waals surface area contributed by atoms with Crippen molar-refractivity contribution in [3.8, 4) is 0 Å². The Bertz CT molecular complexity index is 857. The Labute approximate surface area is 153 Å². The molecule has 1 saturated heterocycles. The third kappa shape index (κ3) is 4.32. The molecule has 3 rings (SSSR count). The van der Waals surface area contributed by atoms with Crippen molar-refractivity contribution in [2.75, 3.05) is 19.7 Å². The summed E-state index contributed by atoms with van der Waals surface area (Å²) >= 11 is 0. The molecule has 0 unspecified atom stereocenters. The summed E-state index contributed by atoms with van der Waals surface area (Å²) in [6.07, 6.45) is 1.48. The Kier molecular flexibility index (Phi) is 5.17. The van der Waals surface area contributed by atoms with Gasteiger partial charge in [-0.25, -0.2) is 13.1 Å². The zero-order valence-corrected chi connectivity index (χ0v) is 15.6. The Morgan fingerprint density at radius 2 is 1.96 bits per heavy atom. The highest BCUT2D eigenvalue weighted by molar-refractivity contribution is 7.89.